The number of aromatic nitrogens is 1. The molecule has 0 unspecified atom stereocenters. The van der Waals surface area contributed by atoms with Crippen LogP contribution in [0.5, 0.6) is 11.5 Å². The zero-order valence-electron chi connectivity index (χ0n) is 10.8. The van der Waals surface area contributed by atoms with Crippen molar-refractivity contribution in [3.63, 3.8) is 0 Å². The Morgan fingerprint density at radius 2 is 2.00 bits per heavy atom. The number of alkyl halides is 3. The third-order valence-electron chi connectivity index (χ3n) is 2.58. The van der Waals surface area contributed by atoms with Gasteiger partial charge in [0.15, 0.2) is 0 Å². The molecule has 0 N–H and O–H groups in total. The maximum atomic E-state index is 12.3. The first-order valence-corrected chi connectivity index (χ1v) is 5.72. The largest absolute Gasteiger partial charge is 0.573 e. The Morgan fingerprint density at radius 1 is 1.24 bits per heavy atom. The molecule has 1 aromatic carbocycles. The molecule has 0 amide bonds. The van der Waals surface area contributed by atoms with Crippen LogP contribution >= 0.6 is 0 Å². The molecule has 7 heteroatoms. The SMILES string of the molecule is COc1ccncc1-c1cc(C#N)cc(OC(F)(F)F)c1. The molecule has 0 atom stereocenters. The first kappa shape index (κ1) is 14.7. The van der Waals surface area contributed by atoms with Crippen LogP contribution < -0.4 is 9.47 Å². The number of pyridine rings is 1. The molecule has 2 rings (SSSR count). The average molecular weight is 294 g/mol. The molecule has 4 nitrogen and oxygen atoms in total. The fourth-order valence-corrected chi connectivity index (χ4v) is 1.79. The van der Waals surface area contributed by atoms with Crippen LogP contribution in [0.1, 0.15) is 5.56 Å². The van der Waals surface area contributed by atoms with E-state index in [0.29, 0.717) is 16.9 Å². The van der Waals surface area contributed by atoms with Crippen LogP contribution in [0.15, 0.2) is 36.7 Å². The van der Waals surface area contributed by atoms with Crippen molar-refractivity contribution in [1.82, 2.24) is 4.98 Å². The molecule has 108 valence electrons. The Kier molecular flexibility index (Phi) is 3.98. The molecule has 1 heterocycles. The minimum absolute atomic E-state index is 0.0395. The number of methoxy groups -OCH3 is 1. The second-order valence-electron chi connectivity index (χ2n) is 3.98. The fourth-order valence-electron chi connectivity index (χ4n) is 1.79. The molecule has 0 radical (unpaired) electrons. The number of ether oxygens (including phenoxy) is 2. The van der Waals surface area contributed by atoms with E-state index in [-0.39, 0.29) is 5.56 Å². The van der Waals surface area contributed by atoms with Gasteiger partial charge in [0, 0.05) is 18.0 Å². The minimum atomic E-state index is -4.83. The minimum Gasteiger partial charge on any atom is -0.496 e. The van der Waals surface area contributed by atoms with Crippen molar-refractivity contribution in [1.29, 1.82) is 5.26 Å². The summed E-state index contributed by atoms with van der Waals surface area (Å²) in [5.41, 5.74) is 0.847. The van der Waals surface area contributed by atoms with Crippen LogP contribution in [-0.4, -0.2) is 18.5 Å². The fraction of sp³-hybridized carbons (Fsp3) is 0.143. The molecule has 1 aromatic heterocycles. The van der Waals surface area contributed by atoms with Gasteiger partial charge in [0.05, 0.1) is 18.7 Å². The van der Waals surface area contributed by atoms with Crippen molar-refractivity contribution >= 4 is 0 Å². The zero-order valence-corrected chi connectivity index (χ0v) is 10.8. The van der Waals surface area contributed by atoms with Crippen molar-refractivity contribution < 1.29 is 22.6 Å². The smallest absolute Gasteiger partial charge is 0.496 e. The van der Waals surface area contributed by atoms with Gasteiger partial charge in [0.1, 0.15) is 11.5 Å². The number of halogens is 3. The van der Waals surface area contributed by atoms with E-state index in [1.54, 1.807) is 12.1 Å². The average Bonchev–Trinajstić information content (AvgIpc) is 2.45. The van der Waals surface area contributed by atoms with Crippen LogP contribution in [0.3, 0.4) is 0 Å². The number of benzene rings is 1. The highest BCUT2D eigenvalue weighted by Crippen LogP contribution is 2.33. The van der Waals surface area contributed by atoms with Gasteiger partial charge >= 0.3 is 6.36 Å². The lowest BCUT2D eigenvalue weighted by Crippen LogP contribution is -2.17. The summed E-state index contributed by atoms with van der Waals surface area (Å²) in [6.45, 7) is 0. The third-order valence-corrected chi connectivity index (χ3v) is 2.58. The molecular formula is C14H9F3N2O2. The van der Waals surface area contributed by atoms with Gasteiger partial charge in [-0.15, -0.1) is 13.2 Å². The molecule has 0 saturated carbocycles. The first-order chi connectivity index (χ1) is 9.93. The van der Waals surface area contributed by atoms with E-state index in [1.807, 2.05) is 0 Å². The number of nitrogens with zero attached hydrogens (tertiary/aromatic N) is 2. The lowest BCUT2D eigenvalue weighted by molar-refractivity contribution is -0.274. The van der Waals surface area contributed by atoms with Crippen molar-refractivity contribution in [2.24, 2.45) is 0 Å². The topological polar surface area (TPSA) is 55.1 Å². The van der Waals surface area contributed by atoms with Crippen LogP contribution in [-0.2, 0) is 0 Å². The summed E-state index contributed by atoms with van der Waals surface area (Å²) in [4.78, 5) is 3.90. The van der Waals surface area contributed by atoms with E-state index >= 15 is 0 Å². The normalized spacial score (nSPS) is 10.8. The van der Waals surface area contributed by atoms with E-state index in [0.717, 1.165) is 6.07 Å². The Hall–Kier alpha value is -2.75. The Labute approximate surface area is 118 Å². The highest BCUT2D eigenvalue weighted by atomic mass is 19.4. The van der Waals surface area contributed by atoms with Crippen LogP contribution in [0.4, 0.5) is 13.2 Å². The summed E-state index contributed by atoms with van der Waals surface area (Å²) >= 11 is 0. The second-order valence-corrected chi connectivity index (χ2v) is 3.98. The van der Waals surface area contributed by atoms with E-state index in [9.17, 15) is 13.2 Å². The predicted molar refractivity (Wildman–Crippen MR) is 67.6 cm³/mol. The molecular weight excluding hydrogens is 285 g/mol. The van der Waals surface area contributed by atoms with Gasteiger partial charge in [0.25, 0.3) is 0 Å². The molecule has 0 bridgehead atoms. The predicted octanol–water partition coefficient (Wildman–Crippen LogP) is 3.53. The van der Waals surface area contributed by atoms with E-state index in [1.165, 1.54) is 31.6 Å². The lowest BCUT2D eigenvalue weighted by Gasteiger charge is -2.12. The molecule has 0 saturated heterocycles. The number of hydrogen-bond acceptors (Lipinski definition) is 4. The monoisotopic (exact) mass is 294 g/mol. The van der Waals surface area contributed by atoms with Gasteiger partial charge in [-0.1, -0.05) is 0 Å². The van der Waals surface area contributed by atoms with Gasteiger partial charge in [-0.3, -0.25) is 4.98 Å². The maximum Gasteiger partial charge on any atom is 0.573 e. The van der Waals surface area contributed by atoms with E-state index in [2.05, 4.69) is 9.72 Å². The molecule has 21 heavy (non-hydrogen) atoms. The summed E-state index contributed by atoms with van der Waals surface area (Å²) in [7, 11) is 1.43. The zero-order chi connectivity index (χ0) is 15.5. The van der Waals surface area contributed by atoms with Crippen LogP contribution in [0.2, 0.25) is 0 Å². The quantitative estimate of drug-likeness (QED) is 0.869. The van der Waals surface area contributed by atoms with Crippen LogP contribution in [0, 0.1) is 11.3 Å². The van der Waals surface area contributed by atoms with Crippen molar-refractivity contribution in [2.45, 2.75) is 6.36 Å². The molecule has 0 aliphatic carbocycles. The van der Waals surface area contributed by atoms with Crippen LogP contribution in [0.25, 0.3) is 11.1 Å². The van der Waals surface area contributed by atoms with Gasteiger partial charge < -0.3 is 9.47 Å². The molecule has 0 aliphatic heterocycles. The molecule has 0 fully saturated rings. The van der Waals surface area contributed by atoms with Crippen molar-refractivity contribution in [3.8, 4) is 28.7 Å². The highest BCUT2D eigenvalue weighted by molar-refractivity contribution is 5.72. The Balaban J connectivity index is 2.54. The summed E-state index contributed by atoms with van der Waals surface area (Å²) in [5, 5.41) is 8.92. The van der Waals surface area contributed by atoms with Gasteiger partial charge in [-0.25, -0.2) is 0 Å². The first-order valence-electron chi connectivity index (χ1n) is 5.72. The third kappa shape index (κ3) is 3.63. The van der Waals surface area contributed by atoms with Gasteiger partial charge in [0.2, 0.25) is 0 Å². The van der Waals surface area contributed by atoms with Crippen molar-refractivity contribution in [2.75, 3.05) is 7.11 Å². The second kappa shape index (κ2) is 5.71. The number of hydrogen-bond donors (Lipinski definition) is 0. The number of nitriles is 1. The maximum absolute atomic E-state index is 12.3. The van der Waals surface area contributed by atoms with E-state index < -0.39 is 12.1 Å². The van der Waals surface area contributed by atoms with Gasteiger partial charge in [-0.05, 0) is 29.8 Å². The Bertz CT molecular complexity index is 693. The molecule has 0 spiro atoms. The summed E-state index contributed by atoms with van der Waals surface area (Å²) in [6.07, 6.45) is -1.90. The lowest BCUT2D eigenvalue weighted by atomic mass is 10.0. The Morgan fingerprint density at radius 3 is 2.62 bits per heavy atom. The molecule has 2 aromatic rings. The highest BCUT2D eigenvalue weighted by Gasteiger charge is 2.31. The molecule has 0 aliphatic rings. The van der Waals surface area contributed by atoms with Gasteiger partial charge in [-0.2, -0.15) is 5.26 Å². The number of rotatable bonds is 3. The standard InChI is InChI=1S/C14H9F3N2O2/c1-20-13-2-3-19-8-12(13)10-4-9(7-18)5-11(6-10)21-14(15,16)17/h2-6,8H,1H3. The summed E-state index contributed by atoms with van der Waals surface area (Å²) < 4.78 is 45.9. The summed E-state index contributed by atoms with van der Waals surface area (Å²) in [6, 6.07) is 6.98. The van der Waals surface area contributed by atoms with Crippen molar-refractivity contribution in [3.05, 3.63) is 42.2 Å². The summed E-state index contributed by atoms with van der Waals surface area (Å²) in [5.74, 6) is -0.0412. The van der Waals surface area contributed by atoms with E-state index in [4.69, 9.17) is 10.00 Å².